The molecule has 0 fully saturated rings. The summed E-state index contributed by atoms with van der Waals surface area (Å²) in [5, 5.41) is 10.2. The first-order valence-electron chi connectivity index (χ1n) is 6.42. The first kappa shape index (κ1) is 13.8. The van der Waals surface area contributed by atoms with Crippen molar-refractivity contribution < 1.29 is 9.50 Å². The van der Waals surface area contributed by atoms with Crippen molar-refractivity contribution in [2.75, 3.05) is 0 Å². The second kappa shape index (κ2) is 5.14. The molecule has 0 radical (unpaired) electrons. The van der Waals surface area contributed by atoms with Gasteiger partial charge in [0.1, 0.15) is 11.9 Å². The summed E-state index contributed by atoms with van der Waals surface area (Å²) in [4.78, 5) is 0. The van der Waals surface area contributed by atoms with Gasteiger partial charge in [0, 0.05) is 0 Å². The van der Waals surface area contributed by atoms with Gasteiger partial charge in [-0.25, -0.2) is 4.39 Å². The summed E-state index contributed by atoms with van der Waals surface area (Å²) in [6, 6.07) is 13.9. The largest absolute Gasteiger partial charge is 0.384 e. The molecule has 1 N–H and O–H groups in total. The van der Waals surface area contributed by atoms with Crippen molar-refractivity contribution in [2.24, 2.45) is 0 Å². The van der Waals surface area contributed by atoms with Crippen molar-refractivity contribution >= 4 is 0 Å². The smallest absolute Gasteiger partial charge is 0.123 e. The molecule has 19 heavy (non-hydrogen) atoms. The summed E-state index contributed by atoms with van der Waals surface area (Å²) in [6.07, 6.45) is -0.787. The molecule has 0 saturated heterocycles. The number of halogens is 1. The Morgan fingerprint density at radius 3 is 2.11 bits per heavy atom. The maximum atomic E-state index is 13.2. The average molecular weight is 258 g/mol. The van der Waals surface area contributed by atoms with E-state index < -0.39 is 6.10 Å². The van der Waals surface area contributed by atoms with Crippen LogP contribution in [0.3, 0.4) is 0 Å². The minimum atomic E-state index is -0.787. The topological polar surface area (TPSA) is 20.2 Å². The fourth-order valence-electron chi connectivity index (χ4n) is 2.03. The van der Waals surface area contributed by atoms with E-state index in [1.54, 1.807) is 12.1 Å². The fourth-order valence-corrected chi connectivity index (χ4v) is 2.03. The monoisotopic (exact) mass is 258 g/mol. The summed E-state index contributed by atoms with van der Waals surface area (Å²) in [7, 11) is 0. The zero-order valence-corrected chi connectivity index (χ0v) is 11.5. The lowest BCUT2D eigenvalue weighted by Crippen LogP contribution is -2.11. The van der Waals surface area contributed by atoms with Crippen molar-refractivity contribution in [3.05, 3.63) is 71.0 Å². The minimum absolute atomic E-state index is 0.0857. The van der Waals surface area contributed by atoms with Gasteiger partial charge in [0.05, 0.1) is 0 Å². The molecule has 0 aliphatic rings. The van der Waals surface area contributed by atoms with E-state index >= 15 is 0 Å². The summed E-state index contributed by atoms with van der Waals surface area (Å²) >= 11 is 0. The third-order valence-electron chi connectivity index (χ3n) is 3.26. The lowest BCUT2D eigenvalue weighted by Gasteiger charge is -2.20. The van der Waals surface area contributed by atoms with E-state index in [1.807, 2.05) is 24.3 Å². The van der Waals surface area contributed by atoms with Crippen LogP contribution in [0, 0.1) is 5.82 Å². The summed E-state index contributed by atoms with van der Waals surface area (Å²) < 4.78 is 13.2. The van der Waals surface area contributed by atoms with Crippen LogP contribution < -0.4 is 0 Å². The van der Waals surface area contributed by atoms with Crippen molar-refractivity contribution in [1.29, 1.82) is 0 Å². The molecule has 2 rings (SSSR count). The van der Waals surface area contributed by atoms with Gasteiger partial charge >= 0.3 is 0 Å². The van der Waals surface area contributed by atoms with E-state index in [0.29, 0.717) is 5.56 Å². The molecule has 0 bridgehead atoms. The molecular weight excluding hydrogens is 239 g/mol. The van der Waals surface area contributed by atoms with Gasteiger partial charge in [-0.2, -0.15) is 0 Å². The molecule has 0 unspecified atom stereocenters. The third kappa shape index (κ3) is 3.21. The van der Waals surface area contributed by atoms with Gasteiger partial charge in [-0.15, -0.1) is 0 Å². The molecule has 2 aromatic carbocycles. The Labute approximate surface area is 113 Å². The zero-order valence-electron chi connectivity index (χ0n) is 11.5. The van der Waals surface area contributed by atoms with Crippen molar-refractivity contribution in [3.8, 4) is 0 Å². The SMILES string of the molecule is CC(C)(C)c1ccc([C@@H](O)c2cccc(F)c2)cc1. The molecule has 1 nitrogen and oxygen atoms in total. The van der Waals surface area contributed by atoms with E-state index in [0.717, 1.165) is 5.56 Å². The van der Waals surface area contributed by atoms with Crippen LogP contribution in [0.5, 0.6) is 0 Å². The molecule has 0 aromatic heterocycles. The van der Waals surface area contributed by atoms with Crippen LogP contribution >= 0.6 is 0 Å². The normalized spacial score (nSPS) is 13.3. The number of hydrogen-bond acceptors (Lipinski definition) is 1. The van der Waals surface area contributed by atoms with Crippen LogP contribution in [0.1, 0.15) is 43.6 Å². The number of aliphatic hydroxyl groups is 1. The molecule has 0 heterocycles. The van der Waals surface area contributed by atoms with Gasteiger partial charge < -0.3 is 5.11 Å². The van der Waals surface area contributed by atoms with E-state index in [4.69, 9.17) is 0 Å². The Morgan fingerprint density at radius 2 is 1.58 bits per heavy atom. The van der Waals surface area contributed by atoms with Crippen molar-refractivity contribution in [2.45, 2.75) is 32.3 Å². The molecule has 2 aromatic rings. The first-order valence-corrected chi connectivity index (χ1v) is 6.42. The van der Waals surface area contributed by atoms with E-state index in [1.165, 1.54) is 17.7 Å². The minimum Gasteiger partial charge on any atom is -0.384 e. The number of hydrogen-bond donors (Lipinski definition) is 1. The Kier molecular flexibility index (Phi) is 3.72. The predicted octanol–water partition coefficient (Wildman–Crippen LogP) is 4.20. The molecule has 0 aliphatic heterocycles. The quantitative estimate of drug-likeness (QED) is 0.855. The Bertz CT molecular complexity index is 552. The number of benzene rings is 2. The van der Waals surface area contributed by atoms with Gasteiger partial charge in [0.25, 0.3) is 0 Å². The van der Waals surface area contributed by atoms with Crippen LogP contribution in [0.2, 0.25) is 0 Å². The Morgan fingerprint density at radius 1 is 0.947 bits per heavy atom. The molecule has 0 aliphatic carbocycles. The number of aliphatic hydroxyl groups excluding tert-OH is 1. The van der Waals surface area contributed by atoms with Gasteiger partial charge in [-0.3, -0.25) is 0 Å². The van der Waals surface area contributed by atoms with Crippen LogP contribution in [-0.4, -0.2) is 5.11 Å². The molecule has 0 saturated carbocycles. The molecule has 0 amide bonds. The highest BCUT2D eigenvalue weighted by atomic mass is 19.1. The molecule has 2 heteroatoms. The van der Waals surface area contributed by atoms with E-state index in [-0.39, 0.29) is 11.2 Å². The van der Waals surface area contributed by atoms with Crippen LogP contribution in [-0.2, 0) is 5.41 Å². The van der Waals surface area contributed by atoms with Crippen molar-refractivity contribution in [3.63, 3.8) is 0 Å². The maximum Gasteiger partial charge on any atom is 0.123 e. The standard InChI is InChI=1S/C17H19FO/c1-17(2,3)14-9-7-12(8-10-14)16(19)13-5-4-6-15(18)11-13/h4-11,16,19H,1-3H3/t16-/m1/s1. The molecule has 100 valence electrons. The summed E-state index contributed by atoms with van der Waals surface area (Å²) in [5.74, 6) is -0.331. The first-order chi connectivity index (χ1) is 8.88. The van der Waals surface area contributed by atoms with Crippen LogP contribution in [0.25, 0.3) is 0 Å². The Hall–Kier alpha value is -1.67. The highest BCUT2D eigenvalue weighted by Gasteiger charge is 2.15. The predicted molar refractivity (Wildman–Crippen MR) is 75.6 cm³/mol. The summed E-state index contributed by atoms with van der Waals surface area (Å²) in [5.41, 5.74) is 2.65. The van der Waals surface area contributed by atoms with Gasteiger partial charge in [-0.1, -0.05) is 57.2 Å². The zero-order chi connectivity index (χ0) is 14.0. The molecule has 0 spiro atoms. The van der Waals surface area contributed by atoms with Crippen LogP contribution in [0.15, 0.2) is 48.5 Å². The summed E-state index contributed by atoms with van der Waals surface area (Å²) in [6.45, 7) is 6.43. The van der Waals surface area contributed by atoms with Crippen LogP contribution in [0.4, 0.5) is 4.39 Å². The molecule has 1 atom stereocenters. The highest BCUT2D eigenvalue weighted by molar-refractivity contribution is 5.34. The van der Waals surface area contributed by atoms with Gasteiger partial charge in [-0.05, 0) is 34.2 Å². The van der Waals surface area contributed by atoms with E-state index in [9.17, 15) is 9.50 Å². The maximum absolute atomic E-state index is 13.2. The molecular formula is C17H19FO. The fraction of sp³-hybridized carbons (Fsp3) is 0.294. The van der Waals surface area contributed by atoms with Gasteiger partial charge in [0.15, 0.2) is 0 Å². The lowest BCUT2D eigenvalue weighted by molar-refractivity contribution is 0.219. The second-order valence-electron chi connectivity index (χ2n) is 5.83. The average Bonchev–Trinajstić information content (AvgIpc) is 2.37. The van der Waals surface area contributed by atoms with E-state index in [2.05, 4.69) is 20.8 Å². The van der Waals surface area contributed by atoms with Gasteiger partial charge in [0.2, 0.25) is 0 Å². The third-order valence-corrected chi connectivity index (χ3v) is 3.26. The Balaban J connectivity index is 2.27. The van der Waals surface area contributed by atoms with Crippen molar-refractivity contribution in [1.82, 2.24) is 0 Å². The number of rotatable bonds is 2. The highest BCUT2D eigenvalue weighted by Crippen LogP contribution is 2.26. The lowest BCUT2D eigenvalue weighted by atomic mass is 9.86. The second-order valence-corrected chi connectivity index (χ2v) is 5.83.